The van der Waals surface area contributed by atoms with E-state index in [1.54, 1.807) is 42.6 Å². The number of nitro benzene ring substituents is 1. The first-order chi connectivity index (χ1) is 9.59. The van der Waals surface area contributed by atoms with E-state index in [-0.39, 0.29) is 11.5 Å². The lowest BCUT2D eigenvalue weighted by atomic mass is 10.0. The summed E-state index contributed by atoms with van der Waals surface area (Å²) in [4.78, 5) is 26.4. The summed E-state index contributed by atoms with van der Waals surface area (Å²) < 4.78 is 0. The molecule has 0 atom stereocenters. The minimum absolute atomic E-state index is 0.0396. The van der Waals surface area contributed by atoms with Crippen molar-refractivity contribution in [1.82, 2.24) is 4.98 Å². The van der Waals surface area contributed by atoms with Crippen molar-refractivity contribution in [2.45, 2.75) is 6.92 Å². The van der Waals surface area contributed by atoms with E-state index >= 15 is 0 Å². The highest BCUT2D eigenvalue weighted by Crippen LogP contribution is 2.24. The van der Waals surface area contributed by atoms with Crippen LogP contribution < -0.4 is 0 Å². The minimum atomic E-state index is -0.470. The number of nitro groups is 1. The van der Waals surface area contributed by atoms with Crippen molar-refractivity contribution in [2.75, 3.05) is 0 Å². The number of allylic oxidation sites excluding steroid dienone is 1. The van der Waals surface area contributed by atoms with Crippen molar-refractivity contribution in [3.8, 4) is 0 Å². The number of hydrogen-bond donors (Lipinski definition) is 0. The van der Waals surface area contributed by atoms with Gasteiger partial charge < -0.3 is 0 Å². The van der Waals surface area contributed by atoms with E-state index in [0.29, 0.717) is 16.8 Å². The Morgan fingerprint density at radius 1 is 1.20 bits per heavy atom. The first kappa shape index (κ1) is 13.6. The topological polar surface area (TPSA) is 73.1 Å². The highest BCUT2D eigenvalue weighted by molar-refractivity contribution is 6.23. The number of benzene rings is 1. The predicted molar refractivity (Wildman–Crippen MR) is 75.9 cm³/mol. The smallest absolute Gasteiger partial charge is 0.276 e. The standard InChI is InChI=1S/C15H12N2O3/c1-11(18)13(14-7-4-5-9-16-14)10-12-6-2-3-8-15(12)17(19)20/h2-10H,1H3. The van der Waals surface area contributed by atoms with Gasteiger partial charge in [0.15, 0.2) is 5.78 Å². The second-order valence-corrected chi connectivity index (χ2v) is 4.15. The van der Waals surface area contributed by atoms with Crippen LogP contribution in [-0.2, 0) is 4.79 Å². The fraction of sp³-hybridized carbons (Fsp3) is 0.0667. The Hall–Kier alpha value is -2.82. The van der Waals surface area contributed by atoms with Gasteiger partial charge in [-0.2, -0.15) is 0 Å². The summed E-state index contributed by atoms with van der Waals surface area (Å²) in [5.74, 6) is -0.193. The SMILES string of the molecule is CC(=O)C(=Cc1ccccc1[N+](=O)[O-])c1ccccn1. The summed E-state index contributed by atoms with van der Waals surface area (Å²) >= 11 is 0. The molecule has 0 aliphatic carbocycles. The number of carbonyl (C=O) groups is 1. The molecular weight excluding hydrogens is 256 g/mol. The maximum atomic E-state index is 11.8. The molecule has 1 heterocycles. The monoisotopic (exact) mass is 268 g/mol. The third-order valence-electron chi connectivity index (χ3n) is 2.75. The Balaban J connectivity index is 2.56. The Labute approximate surface area is 115 Å². The van der Waals surface area contributed by atoms with Crippen LogP contribution in [0.1, 0.15) is 18.2 Å². The molecule has 2 aromatic rings. The number of hydrogen-bond acceptors (Lipinski definition) is 4. The first-order valence-electron chi connectivity index (χ1n) is 5.97. The Kier molecular flexibility index (Phi) is 4.00. The Morgan fingerprint density at radius 2 is 1.90 bits per heavy atom. The van der Waals surface area contributed by atoms with E-state index in [1.165, 1.54) is 19.1 Å². The molecule has 5 heteroatoms. The van der Waals surface area contributed by atoms with Crippen LogP contribution in [0.15, 0.2) is 48.7 Å². The van der Waals surface area contributed by atoms with Crippen LogP contribution in [-0.4, -0.2) is 15.7 Å². The minimum Gasteiger partial charge on any atom is -0.294 e. The van der Waals surface area contributed by atoms with Crippen molar-refractivity contribution < 1.29 is 9.72 Å². The van der Waals surface area contributed by atoms with Gasteiger partial charge in [0.25, 0.3) is 5.69 Å². The van der Waals surface area contributed by atoms with Gasteiger partial charge in [0.1, 0.15) is 0 Å². The predicted octanol–water partition coefficient (Wildman–Crippen LogP) is 3.12. The molecule has 0 saturated carbocycles. The number of Topliss-reactive ketones (excluding diaryl/α,β-unsaturated/α-hetero) is 1. The van der Waals surface area contributed by atoms with Gasteiger partial charge in [-0.15, -0.1) is 0 Å². The van der Waals surface area contributed by atoms with E-state index in [1.807, 2.05) is 0 Å². The lowest BCUT2D eigenvalue weighted by Crippen LogP contribution is -1.99. The third-order valence-corrected chi connectivity index (χ3v) is 2.75. The zero-order valence-electron chi connectivity index (χ0n) is 10.8. The van der Waals surface area contributed by atoms with Gasteiger partial charge in [0, 0.05) is 17.8 Å². The van der Waals surface area contributed by atoms with Gasteiger partial charge in [-0.3, -0.25) is 19.9 Å². The fourth-order valence-electron chi connectivity index (χ4n) is 1.81. The molecule has 2 rings (SSSR count). The lowest BCUT2D eigenvalue weighted by molar-refractivity contribution is -0.385. The molecular formula is C15H12N2O3. The van der Waals surface area contributed by atoms with Gasteiger partial charge >= 0.3 is 0 Å². The molecule has 0 aliphatic rings. The molecule has 100 valence electrons. The van der Waals surface area contributed by atoms with E-state index in [9.17, 15) is 14.9 Å². The van der Waals surface area contributed by atoms with Crippen molar-refractivity contribution in [3.63, 3.8) is 0 Å². The number of carbonyl (C=O) groups excluding carboxylic acids is 1. The van der Waals surface area contributed by atoms with Crippen molar-refractivity contribution in [1.29, 1.82) is 0 Å². The molecule has 20 heavy (non-hydrogen) atoms. The molecule has 5 nitrogen and oxygen atoms in total. The zero-order chi connectivity index (χ0) is 14.5. The van der Waals surface area contributed by atoms with Crippen LogP contribution in [0.25, 0.3) is 11.6 Å². The van der Waals surface area contributed by atoms with Crippen LogP contribution in [0, 0.1) is 10.1 Å². The summed E-state index contributed by atoms with van der Waals surface area (Å²) in [7, 11) is 0. The molecule has 0 fully saturated rings. The molecule has 1 aromatic heterocycles. The Bertz CT molecular complexity index is 679. The van der Waals surface area contributed by atoms with Gasteiger partial charge in [-0.05, 0) is 31.2 Å². The number of para-hydroxylation sites is 1. The van der Waals surface area contributed by atoms with Crippen LogP contribution in [0.2, 0.25) is 0 Å². The zero-order valence-corrected chi connectivity index (χ0v) is 10.8. The lowest BCUT2D eigenvalue weighted by Gasteiger charge is -2.03. The van der Waals surface area contributed by atoms with Crippen molar-refractivity contribution in [3.05, 3.63) is 70.0 Å². The Morgan fingerprint density at radius 3 is 2.50 bits per heavy atom. The summed E-state index contributed by atoms with van der Waals surface area (Å²) in [6.07, 6.45) is 3.08. The van der Waals surface area contributed by atoms with Gasteiger partial charge in [0.2, 0.25) is 0 Å². The second-order valence-electron chi connectivity index (χ2n) is 4.15. The molecule has 1 aromatic carbocycles. The maximum Gasteiger partial charge on any atom is 0.276 e. The molecule has 0 radical (unpaired) electrons. The van der Waals surface area contributed by atoms with Crippen LogP contribution >= 0.6 is 0 Å². The van der Waals surface area contributed by atoms with Crippen molar-refractivity contribution in [2.24, 2.45) is 0 Å². The molecule has 0 aliphatic heterocycles. The number of ketones is 1. The van der Waals surface area contributed by atoms with E-state index in [4.69, 9.17) is 0 Å². The number of aromatic nitrogens is 1. The molecule has 0 saturated heterocycles. The van der Waals surface area contributed by atoms with Gasteiger partial charge in [-0.25, -0.2) is 0 Å². The fourth-order valence-corrected chi connectivity index (χ4v) is 1.81. The normalized spacial score (nSPS) is 11.2. The number of rotatable bonds is 4. The quantitative estimate of drug-likeness (QED) is 0.485. The van der Waals surface area contributed by atoms with Crippen LogP contribution in [0.4, 0.5) is 5.69 Å². The van der Waals surface area contributed by atoms with Gasteiger partial charge in [-0.1, -0.05) is 18.2 Å². The summed E-state index contributed by atoms with van der Waals surface area (Å²) in [6.45, 7) is 1.41. The highest BCUT2D eigenvalue weighted by atomic mass is 16.6. The molecule has 0 bridgehead atoms. The van der Waals surface area contributed by atoms with Crippen LogP contribution in [0.3, 0.4) is 0 Å². The molecule has 0 amide bonds. The maximum absolute atomic E-state index is 11.8. The average molecular weight is 268 g/mol. The highest BCUT2D eigenvalue weighted by Gasteiger charge is 2.14. The van der Waals surface area contributed by atoms with Crippen molar-refractivity contribution >= 4 is 23.1 Å². The van der Waals surface area contributed by atoms with E-state index < -0.39 is 4.92 Å². The summed E-state index contributed by atoms with van der Waals surface area (Å²) in [5, 5.41) is 11.0. The number of pyridine rings is 1. The van der Waals surface area contributed by atoms with Crippen LogP contribution in [0.5, 0.6) is 0 Å². The molecule has 0 N–H and O–H groups in total. The second kappa shape index (κ2) is 5.88. The first-order valence-corrected chi connectivity index (χ1v) is 5.97. The number of nitrogens with zero attached hydrogens (tertiary/aromatic N) is 2. The third kappa shape index (κ3) is 2.95. The van der Waals surface area contributed by atoms with E-state index in [2.05, 4.69) is 4.98 Å². The summed E-state index contributed by atoms with van der Waals surface area (Å²) in [5.41, 5.74) is 1.19. The molecule has 0 unspecified atom stereocenters. The molecule has 0 spiro atoms. The largest absolute Gasteiger partial charge is 0.294 e. The summed E-state index contributed by atoms with van der Waals surface area (Å²) in [6, 6.07) is 11.5. The average Bonchev–Trinajstić information content (AvgIpc) is 2.45. The van der Waals surface area contributed by atoms with Gasteiger partial charge in [0.05, 0.1) is 16.2 Å². The van der Waals surface area contributed by atoms with E-state index in [0.717, 1.165) is 0 Å².